The van der Waals surface area contributed by atoms with Crippen LogP contribution in [0.5, 0.6) is 0 Å². The highest BCUT2D eigenvalue weighted by Crippen LogP contribution is 2.32. The van der Waals surface area contributed by atoms with Crippen molar-refractivity contribution in [3.63, 3.8) is 0 Å². The second-order valence-corrected chi connectivity index (χ2v) is 7.12. The zero-order valence-corrected chi connectivity index (χ0v) is 18.6. The Morgan fingerprint density at radius 2 is 1.42 bits per heavy atom. The van der Waals surface area contributed by atoms with Crippen LogP contribution in [0.3, 0.4) is 0 Å². The second-order valence-electron chi connectivity index (χ2n) is 7.12. The van der Waals surface area contributed by atoms with Gasteiger partial charge in [-0.25, -0.2) is 0 Å². The minimum atomic E-state index is -1.43. The predicted molar refractivity (Wildman–Crippen MR) is 108 cm³/mol. The van der Waals surface area contributed by atoms with Crippen molar-refractivity contribution in [2.24, 2.45) is 0 Å². The molecule has 11 heteroatoms. The third kappa shape index (κ3) is 7.55. The van der Waals surface area contributed by atoms with Crippen LogP contribution in [0.25, 0.3) is 0 Å². The number of rotatable bonds is 8. The predicted octanol–water partition coefficient (Wildman–Crippen LogP) is 1.35. The molecular weight excluding hydrogens is 438 g/mol. The molecule has 0 aromatic heterocycles. The van der Waals surface area contributed by atoms with Crippen LogP contribution in [0.1, 0.15) is 39.4 Å². The molecule has 0 aliphatic carbocycles. The van der Waals surface area contributed by atoms with Crippen molar-refractivity contribution < 1.29 is 47.6 Å². The van der Waals surface area contributed by atoms with Crippen LogP contribution in [0.2, 0.25) is 0 Å². The van der Waals surface area contributed by atoms with Gasteiger partial charge in [-0.15, -0.1) is 0 Å². The van der Waals surface area contributed by atoms with Crippen molar-refractivity contribution in [2.75, 3.05) is 6.61 Å². The zero-order chi connectivity index (χ0) is 24.5. The van der Waals surface area contributed by atoms with E-state index in [1.54, 1.807) is 30.3 Å². The van der Waals surface area contributed by atoms with Gasteiger partial charge in [0.15, 0.2) is 24.4 Å². The van der Waals surface area contributed by atoms with Crippen molar-refractivity contribution >= 4 is 23.9 Å². The Morgan fingerprint density at radius 3 is 1.94 bits per heavy atom. The smallest absolute Gasteiger partial charge is 0.303 e. The van der Waals surface area contributed by atoms with Gasteiger partial charge in [0.2, 0.25) is 6.29 Å². The molecule has 1 aromatic carbocycles. The maximum atomic E-state index is 11.8. The molecule has 1 aromatic rings. The van der Waals surface area contributed by atoms with Gasteiger partial charge < -0.3 is 28.4 Å². The Bertz CT molecular complexity index is 896. The molecule has 1 saturated heterocycles. The Balaban J connectivity index is 2.46. The molecule has 1 aliphatic rings. The van der Waals surface area contributed by atoms with E-state index in [4.69, 9.17) is 28.4 Å². The quantitative estimate of drug-likeness (QED) is 0.406. The van der Waals surface area contributed by atoms with Crippen LogP contribution in [-0.2, 0) is 47.6 Å². The standard InChI is InChI=1S/C22H25NO10/c1-12(24)28-11-18-19(29-13(2)25)20(30-14(3)26)21(31-15(4)27)22(33-18)32-17(10-23)16-8-6-5-7-9-16/h5-9,17-22H,11H2,1-4H3. The van der Waals surface area contributed by atoms with Gasteiger partial charge in [-0.2, -0.15) is 5.26 Å². The lowest BCUT2D eigenvalue weighted by Crippen LogP contribution is -2.63. The van der Waals surface area contributed by atoms with Crippen LogP contribution in [0.4, 0.5) is 0 Å². The molecule has 1 heterocycles. The summed E-state index contributed by atoms with van der Waals surface area (Å²) in [6.07, 6.45) is -7.81. The van der Waals surface area contributed by atoms with Crippen LogP contribution in [0, 0.1) is 11.3 Å². The summed E-state index contributed by atoms with van der Waals surface area (Å²) in [5, 5.41) is 9.64. The molecule has 6 unspecified atom stereocenters. The number of hydrogen-bond donors (Lipinski definition) is 0. The molecule has 0 bridgehead atoms. The van der Waals surface area contributed by atoms with Gasteiger partial charge in [-0.05, 0) is 5.56 Å². The van der Waals surface area contributed by atoms with E-state index in [2.05, 4.69) is 0 Å². The zero-order valence-electron chi connectivity index (χ0n) is 18.6. The third-order valence-electron chi connectivity index (χ3n) is 4.44. The van der Waals surface area contributed by atoms with Crippen LogP contribution < -0.4 is 0 Å². The number of nitrogens with zero attached hydrogens (tertiary/aromatic N) is 1. The lowest BCUT2D eigenvalue weighted by Gasteiger charge is -2.44. The van der Waals surface area contributed by atoms with Gasteiger partial charge in [-0.3, -0.25) is 19.2 Å². The molecule has 33 heavy (non-hydrogen) atoms. The summed E-state index contributed by atoms with van der Waals surface area (Å²) in [5.41, 5.74) is 0.493. The van der Waals surface area contributed by atoms with Crippen LogP contribution in [0.15, 0.2) is 30.3 Å². The highest BCUT2D eigenvalue weighted by atomic mass is 16.7. The van der Waals surface area contributed by atoms with Gasteiger partial charge >= 0.3 is 23.9 Å². The number of esters is 4. The molecule has 0 saturated carbocycles. The van der Waals surface area contributed by atoms with E-state index >= 15 is 0 Å². The molecular formula is C22H25NO10. The first kappa shape index (κ1) is 25.8. The van der Waals surface area contributed by atoms with E-state index < -0.39 is 60.7 Å². The fourth-order valence-corrected chi connectivity index (χ4v) is 3.24. The molecule has 0 amide bonds. The summed E-state index contributed by atoms with van der Waals surface area (Å²) in [5.74, 6) is -2.90. The number of carbonyl (C=O) groups is 4. The molecule has 1 aliphatic heterocycles. The van der Waals surface area contributed by atoms with Gasteiger partial charge in [0, 0.05) is 27.7 Å². The summed E-state index contributed by atoms with van der Waals surface area (Å²) in [4.78, 5) is 46.8. The fourth-order valence-electron chi connectivity index (χ4n) is 3.24. The lowest BCUT2D eigenvalue weighted by atomic mass is 9.98. The summed E-state index contributed by atoms with van der Waals surface area (Å²) in [6.45, 7) is 4.14. The fraction of sp³-hybridized carbons (Fsp3) is 0.500. The van der Waals surface area contributed by atoms with E-state index in [9.17, 15) is 24.4 Å². The van der Waals surface area contributed by atoms with E-state index in [1.807, 2.05) is 6.07 Å². The maximum Gasteiger partial charge on any atom is 0.303 e. The third-order valence-corrected chi connectivity index (χ3v) is 4.44. The lowest BCUT2D eigenvalue weighted by molar-refractivity contribution is -0.314. The largest absolute Gasteiger partial charge is 0.463 e. The SMILES string of the molecule is CC(=O)OCC1OC(OC(C#N)c2ccccc2)C(OC(C)=O)C(OC(C)=O)C1OC(C)=O. The second kappa shape index (κ2) is 11.9. The molecule has 1 fully saturated rings. The number of ether oxygens (including phenoxy) is 6. The Morgan fingerprint density at radius 1 is 0.879 bits per heavy atom. The molecule has 11 nitrogen and oxygen atoms in total. The van der Waals surface area contributed by atoms with Crippen LogP contribution >= 0.6 is 0 Å². The van der Waals surface area contributed by atoms with Crippen molar-refractivity contribution in [2.45, 2.75) is 64.5 Å². The minimum Gasteiger partial charge on any atom is -0.463 e. The number of nitriles is 1. The molecule has 6 atom stereocenters. The average Bonchev–Trinajstić information content (AvgIpc) is 2.74. The Hall–Kier alpha value is -3.49. The van der Waals surface area contributed by atoms with Gasteiger partial charge in [-0.1, -0.05) is 30.3 Å². The van der Waals surface area contributed by atoms with Gasteiger partial charge in [0.1, 0.15) is 12.7 Å². The summed E-state index contributed by atoms with van der Waals surface area (Å²) >= 11 is 0. The molecule has 2 rings (SSSR count). The molecule has 0 spiro atoms. The van der Waals surface area contributed by atoms with Crippen molar-refractivity contribution in [1.82, 2.24) is 0 Å². The van der Waals surface area contributed by atoms with Gasteiger partial charge in [0.05, 0.1) is 6.07 Å². The van der Waals surface area contributed by atoms with E-state index in [-0.39, 0.29) is 6.61 Å². The van der Waals surface area contributed by atoms with E-state index in [0.29, 0.717) is 5.56 Å². The first-order chi connectivity index (χ1) is 15.6. The van der Waals surface area contributed by atoms with Crippen LogP contribution in [-0.4, -0.2) is 61.2 Å². The molecule has 0 radical (unpaired) electrons. The first-order valence-corrected chi connectivity index (χ1v) is 10.0. The van der Waals surface area contributed by atoms with E-state index in [0.717, 1.165) is 20.8 Å². The summed E-state index contributed by atoms with van der Waals surface area (Å²) < 4.78 is 32.6. The van der Waals surface area contributed by atoms with Crippen molar-refractivity contribution in [3.05, 3.63) is 35.9 Å². The maximum absolute atomic E-state index is 11.8. The average molecular weight is 463 g/mol. The molecule has 178 valence electrons. The van der Waals surface area contributed by atoms with Crippen molar-refractivity contribution in [1.29, 1.82) is 5.26 Å². The number of hydrogen-bond acceptors (Lipinski definition) is 11. The van der Waals surface area contributed by atoms with Gasteiger partial charge in [0.25, 0.3) is 0 Å². The minimum absolute atomic E-state index is 0.389. The summed E-state index contributed by atoms with van der Waals surface area (Å²) in [6, 6.07) is 10.5. The van der Waals surface area contributed by atoms with Crippen molar-refractivity contribution in [3.8, 4) is 6.07 Å². The number of benzene rings is 1. The Labute approximate surface area is 190 Å². The number of carbonyl (C=O) groups excluding carboxylic acids is 4. The first-order valence-electron chi connectivity index (χ1n) is 10.0. The van der Waals surface area contributed by atoms with E-state index in [1.165, 1.54) is 6.92 Å². The highest BCUT2D eigenvalue weighted by Gasteiger charge is 2.53. The normalized spacial score (nSPS) is 25.1. The Kier molecular flexibility index (Phi) is 9.32. The topological polar surface area (TPSA) is 147 Å². The highest BCUT2D eigenvalue weighted by molar-refractivity contribution is 5.68. The monoisotopic (exact) mass is 463 g/mol. The molecule has 0 N–H and O–H groups in total. The summed E-state index contributed by atoms with van der Waals surface area (Å²) in [7, 11) is 0.